The zero-order valence-electron chi connectivity index (χ0n) is 7.43. The molecular weight excluding hydrogens is 208 g/mol. The normalized spacial score (nSPS) is 26.0. The fourth-order valence-corrected chi connectivity index (χ4v) is 1.37. The Labute approximate surface area is 84.5 Å². The van der Waals surface area contributed by atoms with Crippen molar-refractivity contribution in [2.75, 3.05) is 6.61 Å². The summed E-state index contributed by atoms with van der Waals surface area (Å²) in [6.45, 7) is 1.96. The van der Waals surface area contributed by atoms with E-state index in [1.54, 1.807) is 6.92 Å². The Morgan fingerprint density at radius 1 is 1.93 bits per heavy atom. The number of rotatable bonds is 4. The Morgan fingerprint density at radius 3 is 3.07 bits per heavy atom. The number of hydrogen-bond donors (Lipinski definition) is 3. The first kappa shape index (κ1) is 10.8. The van der Waals surface area contributed by atoms with Crippen LogP contribution >= 0.6 is 11.9 Å². The third-order valence-electron chi connectivity index (χ3n) is 1.35. The second-order valence-electron chi connectivity index (χ2n) is 2.34. The molecule has 78 valence electrons. The maximum absolute atomic E-state index is 10.8. The molecule has 14 heavy (non-hydrogen) atoms. The van der Waals surface area contributed by atoms with Crippen LogP contribution in [0.3, 0.4) is 0 Å². The minimum Gasteiger partial charge on any atom is -0.477 e. The molecule has 0 bridgehead atoms. The third kappa shape index (κ3) is 2.15. The number of carboxylic acid groups (broad SMARTS) is 1. The molecule has 1 unspecified atom stereocenters. The highest BCUT2D eigenvalue weighted by Crippen LogP contribution is 2.23. The summed E-state index contributed by atoms with van der Waals surface area (Å²) in [5.41, 5.74) is 5.31. The number of oxime groups is 1. The lowest BCUT2D eigenvalue weighted by atomic mass is 10.3. The molecule has 0 aromatic rings. The molecule has 1 aliphatic rings. The van der Waals surface area contributed by atoms with Crippen molar-refractivity contribution in [2.24, 2.45) is 15.9 Å². The molecule has 0 radical (unpaired) electrons. The van der Waals surface area contributed by atoms with Gasteiger partial charge in [0.05, 0.1) is 6.34 Å². The number of nitrogens with zero attached hydrogens (tertiary/aromatic N) is 2. The predicted molar refractivity (Wildman–Crippen MR) is 52.8 cm³/mol. The van der Waals surface area contributed by atoms with Crippen LogP contribution in [0.5, 0.6) is 0 Å². The van der Waals surface area contributed by atoms with E-state index in [0.29, 0.717) is 0 Å². The summed E-state index contributed by atoms with van der Waals surface area (Å²) in [6, 6.07) is 0. The van der Waals surface area contributed by atoms with Crippen LogP contribution in [0, 0.1) is 0 Å². The van der Waals surface area contributed by atoms with Gasteiger partial charge in [0.1, 0.15) is 6.61 Å². The van der Waals surface area contributed by atoms with Crippen molar-refractivity contribution in [2.45, 2.75) is 11.9 Å². The van der Waals surface area contributed by atoms with Gasteiger partial charge in [0.2, 0.25) is 10.7 Å². The maximum atomic E-state index is 10.8. The van der Waals surface area contributed by atoms with Crippen LogP contribution in [0.15, 0.2) is 10.1 Å². The van der Waals surface area contributed by atoms with Crippen molar-refractivity contribution < 1.29 is 14.7 Å². The number of nitrogens with one attached hydrogen (secondary N) is 1. The van der Waals surface area contributed by atoms with Crippen molar-refractivity contribution in [1.82, 2.24) is 4.72 Å². The number of nitrogens with two attached hydrogens (primary N) is 1. The molecule has 1 heterocycles. The van der Waals surface area contributed by atoms with Gasteiger partial charge < -0.3 is 14.7 Å². The van der Waals surface area contributed by atoms with Gasteiger partial charge in [0.25, 0.3) is 0 Å². The van der Waals surface area contributed by atoms with Gasteiger partial charge in [-0.2, -0.15) is 0 Å². The van der Waals surface area contributed by atoms with Gasteiger partial charge in [-0.1, -0.05) is 5.16 Å². The highest BCUT2D eigenvalue weighted by Gasteiger charge is 2.40. The summed E-state index contributed by atoms with van der Waals surface area (Å²) >= 11 is 0.945. The number of aliphatic carboxylic acids is 1. The Kier molecular flexibility index (Phi) is 3.31. The summed E-state index contributed by atoms with van der Waals surface area (Å²) < 4.78 is 2.62. The summed E-state index contributed by atoms with van der Waals surface area (Å²) in [5.74, 6) is -1.26. The standard InChI is InChI=1S/C6H10N4O3S/c1-2-13-10-4(5(11)12)6(7)8-3-9-14-6/h3H,2,7H2,1H3,(H,8,9)(H,11,12)/b10-4+. The van der Waals surface area contributed by atoms with Crippen LogP contribution in [-0.2, 0) is 9.63 Å². The Balaban J connectivity index is 2.87. The van der Waals surface area contributed by atoms with Crippen molar-refractivity contribution in [3.8, 4) is 0 Å². The highest BCUT2D eigenvalue weighted by atomic mass is 32.2. The van der Waals surface area contributed by atoms with Gasteiger partial charge in [-0.15, -0.1) is 0 Å². The van der Waals surface area contributed by atoms with Crippen LogP contribution < -0.4 is 10.5 Å². The summed E-state index contributed by atoms with van der Waals surface area (Å²) in [7, 11) is 0. The zero-order chi connectivity index (χ0) is 10.6. The van der Waals surface area contributed by atoms with E-state index < -0.39 is 11.0 Å². The van der Waals surface area contributed by atoms with Crippen LogP contribution in [0.2, 0.25) is 0 Å². The van der Waals surface area contributed by atoms with Gasteiger partial charge >= 0.3 is 5.97 Å². The molecule has 1 aliphatic heterocycles. The van der Waals surface area contributed by atoms with E-state index >= 15 is 0 Å². The fourth-order valence-electron chi connectivity index (χ4n) is 0.761. The van der Waals surface area contributed by atoms with E-state index in [0.717, 1.165) is 11.9 Å². The van der Waals surface area contributed by atoms with Crippen molar-refractivity contribution in [3.05, 3.63) is 0 Å². The number of carboxylic acids is 1. The number of aliphatic imine (C=N–C) groups is 1. The minimum atomic E-state index is -1.42. The molecule has 1 rings (SSSR count). The average Bonchev–Trinajstić information content (AvgIpc) is 2.53. The van der Waals surface area contributed by atoms with Gasteiger partial charge in [-0.25, -0.2) is 9.79 Å². The average molecular weight is 218 g/mol. The summed E-state index contributed by atoms with van der Waals surface area (Å²) in [6.07, 6.45) is 1.31. The molecule has 0 saturated heterocycles. The van der Waals surface area contributed by atoms with Gasteiger partial charge in [-0.05, 0) is 6.92 Å². The van der Waals surface area contributed by atoms with Crippen molar-refractivity contribution in [1.29, 1.82) is 0 Å². The Bertz CT molecular complexity index is 293. The fraction of sp³-hybridized carbons (Fsp3) is 0.500. The molecule has 8 heteroatoms. The molecule has 0 aromatic carbocycles. The molecule has 4 N–H and O–H groups in total. The highest BCUT2D eigenvalue weighted by molar-refractivity contribution is 8.00. The van der Waals surface area contributed by atoms with Crippen LogP contribution in [0.1, 0.15) is 6.92 Å². The molecule has 0 spiro atoms. The molecule has 0 aromatic heterocycles. The lowest BCUT2D eigenvalue weighted by Crippen LogP contribution is -2.46. The van der Waals surface area contributed by atoms with E-state index in [1.807, 2.05) is 0 Å². The maximum Gasteiger partial charge on any atom is 0.358 e. The molecule has 0 aliphatic carbocycles. The van der Waals surface area contributed by atoms with Gasteiger partial charge in [0, 0.05) is 11.9 Å². The van der Waals surface area contributed by atoms with Gasteiger partial charge in [0.15, 0.2) is 0 Å². The lowest BCUT2D eigenvalue weighted by Gasteiger charge is -2.16. The largest absolute Gasteiger partial charge is 0.477 e. The molecular formula is C6H10N4O3S. The second-order valence-corrected chi connectivity index (χ2v) is 3.40. The number of carbonyl (C=O) groups is 1. The molecule has 1 atom stereocenters. The topological polar surface area (TPSA) is 109 Å². The van der Waals surface area contributed by atoms with E-state index in [-0.39, 0.29) is 12.3 Å². The summed E-state index contributed by atoms with van der Waals surface area (Å²) in [5, 5.41) is 12.2. The molecule has 0 amide bonds. The molecule has 0 fully saturated rings. The van der Waals surface area contributed by atoms with Crippen molar-refractivity contribution in [3.63, 3.8) is 0 Å². The Hall–Kier alpha value is -1.28. The molecule has 7 nitrogen and oxygen atoms in total. The monoisotopic (exact) mass is 218 g/mol. The first-order valence-electron chi connectivity index (χ1n) is 3.80. The van der Waals surface area contributed by atoms with Crippen LogP contribution in [0.25, 0.3) is 0 Å². The first-order valence-corrected chi connectivity index (χ1v) is 4.61. The van der Waals surface area contributed by atoms with Gasteiger partial charge in [-0.3, -0.25) is 5.73 Å². The Morgan fingerprint density at radius 2 is 2.64 bits per heavy atom. The van der Waals surface area contributed by atoms with Crippen LogP contribution in [0.4, 0.5) is 0 Å². The minimum absolute atomic E-state index is 0.272. The van der Waals surface area contributed by atoms with E-state index in [9.17, 15) is 4.79 Å². The van der Waals surface area contributed by atoms with Crippen molar-refractivity contribution >= 4 is 30.0 Å². The van der Waals surface area contributed by atoms with Crippen LogP contribution in [-0.4, -0.2) is 34.7 Å². The first-order chi connectivity index (χ1) is 6.60. The van der Waals surface area contributed by atoms with E-state index in [2.05, 4.69) is 19.7 Å². The summed E-state index contributed by atoms with van der Waals surface area (Å²) in [4.78, 5) is 17.8. The number of hydrogen-bond acceptors (Lipinski definition) is 7. The SMILES string of the molecule is CCO/N=C(\C(=O)O)C1(N)N=CNS1. The molecule has 0 saturated carbocycles. The zero-order valence-corrected chi connectivity index (χ0v) is 8.24. The van der Waals surface area contributed by atoms with E-state index in [1.165, 1.54) is 6.34 Å². The third-order valence-corrected chi connectivity index (χ3v) is 2.18. The predicted octanol–water partition coefficient (Wildman–Crippen LogP) is -0.644. The van der Waals surface area contributed by atoms with E-state index in [4.69, 9.17) is 10.8 Å². The smallest absolute Gasteiger partial charge is 0.358 e. The second kappa shape index (κ2) is 4.29. The lowest BCUT2D eigenvalue weighted by molar-refractivity contribution is -0.129. The quantitative estimate of drug-likeness (QED) is 0.329.